The molecule has 1 N–H and O–H groups in total. The highest BCUT2D eigenvalue weighted by molar-refractivity contribution is 9.10. The van der Waals surface area contributed by atoms with Gasteiger partial charge in [0.05, 0.1) is 22.5 Å². The van der Waals surface area contributed by atoms with Crippen LogP contribution in [0.2, 0.25) is 5.02 Å². The molecule has 1 aromatic heterocycles. The Morgan fingerprint density at radius 3 is 2.70 bits per heavy atom. The third-order valence-electron chi connectivity index (χ3n) is 3.48. The fraction of sp³-hybridized carbons (Fsp3) is 0.400. The predicted octanol–water partition coefficient (Wildman–Crippen LogP) is 3.98. The lowest BCUT2D eigenvalue weighted by molar-refractivity contribution is 0.175. The molecule has 0 bridgehead atoms. The summed E-state index contributed by atoms with van der Waals surface area (Å²) in [7, 11) is 1.86. The first-order valence-electron chi connectivity index (χ1n) is 6.58. The zero-order chi connectivity index (χ0) is 14.9. The Bertz CT molecular complexity index is 625. The molecule has 0 amide bonds. The van der Waals surface area contributed by atoms with Crippen LogP contribution in [-0.2, 0) is 19.9 Å². The largest absolute Gasteiger partial charge is 0.388 e. The summed E-state index contributed by atoms with van der Waals surface area (Å²) in [5.74, 6) is 0. The summed E-state index contributed by atoms with van der Waals surface area (Å²) in [6, 6.07) is 5.88. The van der Waals surface area contributed by atoms with Crippen LogP contribution in [0.25, 0.3) is 0 Å². The SMILES string of the molecule is CCc1nn(C)c(CC(O)c2ccc(Br)cc2C)c1Cl. The number of rotatable bonds is 4. The highest BCUT2D eigenvalue weighted by Gasteiger charge is 2.18. The van der Waals surface area contributed by atoms with Crippen LogP contribution < -0.4 is 0 Å². The second kappa shape index (κ2) is 6.29. The molecule has 0 aliphatic rings. The predicted molar refractivity (Wildman–Crippen MR) is 85.1 cm³/mol. The Morgan fingerprint density at radius 2 is 2.15 bits per heavy atom. The number of aliphatic hydroxyl groups excluding tert-OH is 1. The van der Waals surface area contributed by atoms with Crippen LogP contribution in [0.5, 0.6) is 0 Å². The number of benzene rings is 1. The van der Waals surface area contributed by atoms with E-state index in [0.717, 1.165) is 33.4 Å². The van der Waals surface area contributed by atoms with Gasteiger partial charge in [-0.05, 0) is 36.6 Å². The maximum Gasteiger partial charge on any atom is 0.0850 e. The maximum atomic E-state index is 10.5. The van der Waals surface area contributed by atoms with Gasteiger partial charge in [0, 0.05) is 17.9 Å². The lowest BCUT2D eigenvalue weighted by atomic mass is 10.00. The van der Waals surface area contributed by atoms with Gasteiger partial charge in [-0.15, -0.1) is 0 Å². The van der Waals surface area contributed by atoms with Gasteiger partial charge in [0.2, 0.25) is 0 Å². The fourth-order valence-corrected chi connectivity index (χ4v) is 3.19. The van der Waals surface area contributed by atoms with Gasteiger partial charge in [-0.2, -0.15) is 5.10 Å². The molecular formula is C15H18BrClN2O. The first-order valence-corrected chi connectivity index (χ1v) is 7.75. The fourth-order valence-electron chi connectivity index (χ4n) is 2.35. The molecule has 3 nitrogen and oxygen atoms in total. The number of nitrogens with zero attached hydrogens (tertiary/aromatic N) is 2. The molecule has 2 rings (SSSR count). The van der Waals surface area contributed by atoms with Gasteiger partial charge in [0.25, 0.3) is 0 Å². The lowest BCUT2D eigenvalue weighted by Crippen LogP contribution is -2.08. The number of aromatic nitrogens is 2. The number of halogens is 2. The highest BCUT2D eigenvalue weighted by Crippen LogP contribution is 2.28. The van der Waals surface area contributed by atoms with E-state index in [0.29, 0.717) is 11.4 Å². The minimum Gasteiger partial charge on any atom is -0.388 e. The number of hydrogen-bond donors (Lipinski definition) is 1. The van der Waals surface area contributed by atoms with E-state index in [1.54, 1.807) is 4.68 Å². The molecular weight excluding hydrogens is 340 g/mol. The molecule has 5 heteroatoms. The average molecular weight is 358 g/mol. The Kier molecular flexibility index (Phi) is 4.89. The number of aryl methyl sites for hydroxylation is 3. The topological polar surface area (TPSA) is 38.0 Å². The van der Waals surface area contributed by atoms with E-state index in [-0.39, 0.29) is 0 Å². The maximum absolute atomic E-state index is 10.5. The van der Waals surface area contributed by atoms with Crippen LogP contribution in [0.4, 0.5) is 0 Å². The molecule has 0 spiro atoms. The first-order chi connectivity index (χ1) is 9.43. The van der Waals surface area contributed by atoms with Gasteiger partial charge in [-0.25, -0.2) is 0 Å². The van der Waals surface area contributed by atoms with Crippen LogP contribution in [-0.4, -0.2) is 14.9 Å². The Labute approximate surface area is 132 Å². The van der Waals surface area contributed by atoms with Crippen molar-refractivity contribution in [3.05, 3.63) is 50.2 Å². The lowest BCUT2D eigenvalue weighted by Gasteiger charge is -2.14. The van der Waals surface area contributed by atoms with Crippen LogP contribution in [0.15, 0.2) is 22.7 Å². The summed E-state index contributed by atoms with van der Waals surface area (Å²) < 4.78 is 2.77. The molecule has 2 aromatic rings. The second-order valence-corrected chi connectivity index (χ2v) is 6.20. The molecule has 0 aliphatic carbocycles. The average Bonchev–Trinajstić information content (AvgIpc) is 2.66. The highest BCUT2D eigenvalue weighted by atomic mass is 79.9. The third-order valence-corrected chi connectivity index (χ3v) is 4.41. The van der Waals surface area contributed by atoms with Crippen molar-refractivity contribution >= 4 is 27.5 Å². The normalized spacial score (nSPS) is 12.7. The van der Waals surface area contributed by atoms with Crippen LogP contribution >= 0.6 is 27.5 Å². The van der Waals surface area contributed by atoms with Gasteiger partial charge in [-0.3, -0.25) is 4.68 Å². The summed E-state index contributed by atoms with van der Waals surface area (Å²) in [5, 5.41) is 15.5. The molecule has 0 saturated heterocycles. The molecule has 1 unspecified atom stereocenters. The van der Waals surface area contributed by atoms with Crippen molar-refractivity contribution < 1.29 is 5.11 Å². The molecule has 20 heavy (non-hydrogen) atoms. The summed E-state index contributed by atoms with van der Waals surface area (Å²) in [4.78, 5) is 0. The molecule has 0 aliphatic heterocycles. The van der Waals surface area contributed by atoms with Crippen molar-refractivity contribution in [1.82, 2.24) is 9.78 Å². The van der Waals surface area contributed by atoms with E-state index in [9.17, 15) is 5.11 Å². The van der Waals surface area contributed by atoms with Gasteiger partial charge in [0.15, 0.2) is 0 Å². The smallest absolute Gasteiger partial charge is 0.0850 e. The molecule has 108 valence electrons. The van der Waals surface area contributed by atoms with E-state index in [1.165, 1.54) is 0 Å². The molecule has 1 heterocycles. The Balaban J connectivity index is 2.27. The first kappa shape index (κ1) is 15.5. The van der Waals surface area contributed by atoms with Crippen molar-refractivity contribution in [3.63, 3.8) is 0 Å². The Hall–Kier alpha value is -0.840. The van der Waals surface area contributed by atoms with Crippen molar-refractivity contribution in [2.24, 2.45) is 7.05 Å². The van der Waals surface area contributed by atoms with Crippen molar-refractivity contribution in [2.45, 2.75) is 32.8 Å². The zero-order valence-corrected chi connectivity index (χ0v) is 14.2. The van der Waals surface area contributed by atoms with Gasteiger partial charge < -0.3 is 5.11 Å². The quantitative estimate of drug-likeness (QED) is 0.898. The van der Waals surface area contributed by atoms with Gasteiger partial charge >= 0.3 is 0 Å². The Morgan fingerprint density at radius 1 is 1.45 bits per heavy atom. The van der Waals surface area contributed by atoms with E-state index >= 15 is 0 Å². The van der Waals surface area contributed by atoms with Crippen molar-refractivity contribution in [1.29, 1.82) is 0 Å². The summed E-state index contributed by atoms with van der Waals surface area (Å²) in [6.07, 6.45) is 0.672. The molecule has 0 fully saturated rings. The molecule has 0 radical (unpaired) electrons. The molecule has 0 saturated carbocycles. The van der Waals surface area contributed by atoms with Gasteiger partial charge in [-0.1, -0.05) is 40.5 Å². The van der Waals surface area contributed by atoms with E-state index < -0.39 is 6.10 Å². The van der Waals surface area contributed by atoms with E-state index in [1.807, 2.05) is 39.1 Å². The van der Waals surface area contributed by atoms with Crippen LogP contribution in [0.3, 0.4) is 0 Å². The third kappa shape index (κ3) is 3.08. The molecule has 1 aromatic carbocycles. The zero-order valence-electron chi connectivity index (χ0n) is 11.8. The molecule has 1 atom stereocenters. The van der Waals surface area contributed by atoms with Crippen molar-refractivity contribution in [3.8, 4) is 0 Å². The summed E-state index contributed by atoms with van der Waals surface area (Å²) >= 11 is 9.76. The summed E-state index contributed by atoms with van der Waals surface area (Å²) in [6.45, 7) is 4.01. The summed E-state index contributed by atoms with van der Waals surface area (Å²) in [5.41, 5.74) is 3.73. The van der Waals surface area contributed by atoms with E-state index in [4.69, 9.17) is 11.6 Å². The van der Waals surface area contributed by atoms with Crippen LogP contribution in [0, 0.1) is 6.92 Å². The standard InChI is InChI=1S/C15H18BrClN2O/c1-4-12-15(17)13(19(3)18-12)8-14(20)11-6-5-10(16)7-9(11)2/h5-7,14,20H,4,8H2,1-3H3. The number of hydrogen-bond acceptors (Lipinski definition) is 2. The van der Waals surface area contributed by atoms with Crippen LogP contribution in [0.1, 0.15) is 35.5 Å². The van der Waals surface area contributed by atoms with Gasteiger partial charge in [0.1, 0.15) is 0 Å². The number of aliphatic hydroxyl groups is 1. The van der Waals surface area contributed by atoms with E-state index in [2.05, 4.69) is 21.0 Å². The van der Waals surface area contributed by atoms with Crippen molar-refractivity contribution in [2.75, 3.05) is 0 Å². The minimum atomic E-state index is -0.583. The second-order valence-electron chi connectivity index (χ2n) is 4.91. The minimum absolute atomic E-state index is 0.463. The monoisotopic (exact) mass is 356 g/mol.